The lowest BCUT2D eigenvalue weighted by atomic mass is 9.90. The molecule has 1 aliphatic heterocycles. The molecule has 7 nitrogen and oxygen atoms in total. The summed E-state index contributed by atoms with van der Waals surface area (Å²) in [4.78, 5) is 15.9. The number of para-hydroxylation sites is 1. The second-order valence-corrected chi connectivity index (χ2v) is 8.13. The number of carbonyl (C=O) groups is 1. The van der Waals surface area contributed by atoms with Crippen LogP contribution in [0, 0.1) is 0 Å². The molecule has 0 fully saturated rings. The van der Waals surface area contributed by atoms with Crippen molar-refractivity contribution >= 4 is 27.4 Å². The predicted molar refractivity (Wildman–Crippen MR) is 96.1 cm³/mol. The Morgan fingerprint density at radius 3 is 2.79 bits per heavy atom. The van der Waals surface area contributed by atoms with Crippen LogP contribution < -0.4 is 16.0 Å². The van der Waals surface area contributed by atoms with Crippen LogP contribution in [0.5, 0.6) is 0 Å². The van der Waals surface area contributed by atoms with Crippen LogP contribution >= 0.6 is 0 Å². The number of benzene rings is 1. The highest BCUT2D eigenvalue weighted by atomic mass is 32.2. The summed E-state index contributed by atoms with van der Waals surface area (Å²) in [5.41, 5.74) is 1.94. The number of rotatable bonds is 6. The van der Waals surface area contributed by atoms with Gasteiger partial charge in [0.25, 0.3) is 0 Å². The van der Waals surface area contributed by atoms with E-state index in [1.54, 1.807) is 14.0 Å². The van der Waals surface area contributed by atoms with Gasteiger partial charge in [-0.1, -0.05) is 25.1 Å². The highest BCUT2D eigenvalue weighted by Gasteiger charge is 2.24. The van der Waals surface area contributed by atoms with Crippen molar-refractivity contribution in [2.45, 2.75) is 19.3 Å². The second-order valence-electron chi connectivity index (χ2n) is 5.65. The Balaban J connectivity index is 1.91. The Hall–Kier alpha value is -2.09. The van der Waals surface area contributed by atoms with Crippen molar-refractivity contribution in [3.8, 4) is 0 Å². The number of sulfone groups is 1. The minimum atomic E-state index is -3.00. The maximum atomic E-state index is 11.8. The summed E-state index contributed by atoms with van der Waals surface area (Å²) in [6.07, 6.45) is 0.408. The molecule has 0 radical (unpaired) electrons. The van der Waals surface area contributed by atoms with E-state index < -0.39 is 9.84 Å². The van der Waals surface area contributed by atoms with E-state index in [-0.39, 0.29) is 23.3 Å². The Morgan fingerprint density at radius 2 is 2.08 bits per heavy atom. The average Bonchev–Trinajstić information content (AvgIpc) is 2.57. The van der Waals surface area contributed by atoms with Crippen molar-refractivity contribution in [2.24, 2.45) is 4.99 Å². The van der Waals surface area contributed by atoms with Crippen LogP contribution in [0.2, 0.25) is 0 Å². The molecule has 1 amide bonds. The van der Waals surface area contributed by atoms with E-state index in [4.69, 9.17) is 0 Å². The molecular weight excluding hydrogens is 328 g/mol. The van der Waals surface area contributed by atoms with E-state index >= 15 is 0 Å². The third kappa shape index (κ3) is 4.95. The summed E-state index contributed by atoms with van der Waals surface area (Å²) >= 11 is 0. The molecule has 0 saturated heterocycles. The van der Waals surface area contributed by atoms with Gasteiger partial charge in [-0.3, -0.25) is 9.79 Å². The summed E-state index contributed by atoms with van der Waals surface area (Å²) in [7, 11) is -1.37. The molecule has 1 unspecified atom stereocenters. The van der Waals surface area contributed by atoms with Gasteiger partial charge >= 0.3 is 0 Å². The lowest BCUT2D eigenvalue weighted by Crippen LogP contribution is -2.42. The van der Waals surface area contributed by atoms with Gasteiger partial charge in [-0.2, -0.15) is 0 Å². The first kappa shape index (κ1) is 18.3. The smallest absolute Gasteiger partial charge is 0.225 e. The number of fused-ring (bicyclic) bond motifs is 1. The summed E-state index contributed by atoms with van der Waals surface area (Å²) in [5, 5.41) is 9.03. The Labute approximate surface area is 142 Å². The summed E-state index contributed by atoms with van der Waals surface area (Å²) in [6, 6.07) is 7.74. The lowest BCUT2D eigenvalue weighted by Gasteiger charge is -2.26. The number of anilines is 1. The number of aliphatic imine (C=N–C) groups is 1. The number of hydrogen-bond acceptors (Lipinski definition) is 4. The monoisotopic (exact) mass is 352 g/mol. The zero-order valence-corrected chi connectivity index (χ0v) is 14.8. The maximum absolute atomic E-state index is 11.8. The first-order valence-corrected chi connectivity index (χ1v) is 9.81. The largest absolute Gasteiger partial charge is 0.356 e. The van der Waals surface area contributed by atoms with Crippen LogP contribution in [-0.2, 0) is 14.6 Å². The van der Waals surface area contributed by atoms with Crippen molar-refractivity contribution in [1.29, 1.82) is 0 Å². The van der Waals surface area contributed by atoms with Gasteiger partial charge in [-0.25, -0.2) is 8.42 Å². The first-order valence-electron chi connectivity index (χ1n) is 7.99. The van der Waals surface area contributed by atoms with Crippen LogP contribution in [0.15, 0.2) is 29.3 Å². The molecule has 0 aliphatic carbocycles. The second kappa shape index (κ2) is 8.14. The van der Waals surface area contributed by atoms with E-state index in [1.807, 2.05) is 24.3 Å². The quantitative estimate of drug-likeness (QED) is 0.517. The highest BCUT2D eigenvalue weighted by Crippen LogP contribution is 2.31. The van der Waals surface area contributed by atoms with Gasteiger partial charge in [-0.15, -0.1) is 0 Å². The summed E-state index contributed by atoms with van der Waals surface area (Å²) in [6.45, 7) is 2.48. The molecule has 1 heterocycles. The molecule has 132 valence electrons. The van der Waals surface area contributed by atoms with E-state index in [9.17, 15) is 13.2 Å². The third-order valence-corrected chi connectivity index (χ3v) is 5.70. The van der Waals surface area contributed by atoms with Gasteiger partial charge in [0.2, 0.25) is 5.91 Å². The van der Waals surface area contributed by atoms with Gasteiger partial charge < -0.3 is 16.0 Å². The molecular formula is C16H24N4O3S. The molecule has 0 saturated carbocycles. The third-order valence-electron chi connectivity index (χ3n) is 3.99. The van der Waals surface area contributed by atoms with Crippen molar-refractivity contribution in [2.75, 3.05) is 37.0 Å². The van der Waals surface area contributed by atoms with Crippen molar-refractivity contribution in [1.82, 2.24) is 10.6 Å². The van der Waals surface area contributed by atoms with Crippen LogP contribution in [0.1, 0.15) is 24.8 Å². The molecule has 3 N–H and O–H groups in total. The van der Waals surface area contributed by atoms with Crippen LogP contribution in [-0.4, -0.2) is 51.9 Å². The molecule has 1 aromatic rings. The SMILES string of the molecule is CCS(=O)(=O)CCNC(=NC)NCC1CC(=O)Nc2ccccc21. The standard InChI is InChI=1S/C16H24N4O3S/c1-3-24(22,23)9-8-18-16(17-2)19-11-12-10-15(21)20-14-7-5-4-6-13(12)14/h4-7,12H,3,8-11H2,1-2H3,(H,20,21)(H2,17,18,19). The molecule has 0 aromatic heterocycles. The normalized spacial score (nSPS) is 17.8. The maximum Gasteiger partial charge on any atom is 0.225 e. The van der Waals surface area contributed by atoms with Gasteiger partial charge in [0.05, 0.1) is 5.75 Å². The number of hydrogen-bond donors (Lipinski definition) is 3. The molecule has 1 atom stereocenters. The Kier molecular flexibility index (Phi) is 6.19. The predicted octanol–water partition coefficient (Wildman–Crippen LogP) is 0.712. The van der Waals surface area contributed by atoms with Crippen molar-refractivity contribution in [3.63, 3.8) is 0 Å². The Bertz CT molecular complexity index is 716. The molecule has 0 spiro atoms. The minimum Gasteiger partial charge on any atom is -0.356 e. The van der Waals surface area contributed by atoms with Gasteiger partial charge in [0.1, 0.15) is 0 Å². The topological polar surface area (TPSA) is 99.7 Å². The fourth-order valence-electron chi connectivity index (χ4n) is 2.59. The molecule has 24 heavy (non-hydrogen) atoms. The first-order chi connectivity index (χ1) is 11.4. The average molecular weight is 352 g/mol. The molecule has 2 rings (SSSR count). The van der Waals surface area contributed by atoms with Gasteiger partial charge in [0, 0.05) is 43.9 Å². The molecule has 8 heteroatoms. The van der Waals surface area contributed by atoms with Crippen LogP contribution in [0.4, 0.5) is 5.69 Å². The summed E-state index contributed by atoms with van der Waals surface area (Å²) in [5.74, 6) is 0.781. The van der Waals surface area contributed by atoms with Gasteiger partial charge in [0.15, 0.2) is 15.8 Å². The number of nitrogens with zero attached hydrogens (tertiary/aromatic N) is 1. The number of guanidine groups is 1. The number of amides is 1. The molecule has 0 bridgehead atoms. The molecule has 1 aliphatic rings. The highest BCUT2D eigenvalue weighted by molar-refractivity contribution is 7.91. The van der Waals surface area contributed by atoms with E-state index in [0.717, 1.165) is 11.3 Å². The fourth-order valence-corrected chi connectivity index (χ4v) is 3.30. The van der Waals surface area contributed by atoms with E-state index in [1.165, 1.54) is 0 Å². The van der Waals surface area contributed by atoms with E-state index in [0.29, 0.717) is 25.5 Å². The van der Waals surface area contributed by atoms with Crippen molar-refractivity contribution in [3.05, 3.63) is 29.8 Å². The van der Waals surface area contributed by atoms with Crippen LogP contribution in [0.25, 0.3) is 0 Å². The zero-order valence-electron chi connectivity index (χ0n) is 14.0. The minimum absolute atomic E-state index is 0.00233. The van der Waals surface area contributed by atoms with Gasteiger partial charge in [-0.05, 0) is 11.6 Å². The summed E-state index contributed by atoms with van der Waals surface area (Å²) < 4.78 is 23.0. The van der Waals surface area contributed by atoms with E-state index in [2.05, 4.69) is 20.9 Å². The van der Waals surface area contributed by atoms with Crippen LogP contribution in [0.3, 0.4) is 0 Å². The Morgan fingerprint density at radius 1 is 1.33 bits per heavy atom. The van der Waals surface area contributed by atoms with Crippen molar-refractivity contribution < 1.29 is 13.2 Å². The lowest BCUT2D eigenvalue weighted by molar-refractivity contribution is -0.116. The number of nitrogens with one attached hydrogen (secondary N) is 3. The number of carbonyl (C=O) groups excluding carboxylic acids is 1. The fraction of sp³-hybridized carbons (Fsp3) is 0.500. The zero-order chi connectivity index (χ0) is 17.6. The molecule has 1 aromatic carbocycles.